The molecule has 0 radical (unpaired) electrons. The molecule has 0 N–H and O–H groups in total. The first-order valence-corrected chi connectivity index (χ1v) is 3.31. The average molecular weight is 125 g/mol. The van der Waals surface area contributed by atoms with Crippen LogP contribution in [0, 0.1) is 0 Å². The molecule has 1 aromatic heterocycles. The summed E-state index contributed by atoms with van der Waals surface area (Å²) in [5.41, 5.74) is 1.21. The second kappa shape index (κ2) is 3.28. The molecule has 0 saturated carbocycles. The Hall–Kier alpha value is -0.790. The van der Waals surface area contributed by atoms with Crippen molar-refractivity contribution in [2.45, 2.75) is 26.2 Å². The van der Waals surface area contributed by atoms with Crippen LogP contribution in [0.1, 0.15) is 25.3 Å². The van der Waals surface area contributed by atoms with E-state index in [0.29, 0.717) is 0 Å². The summed E-state index contributed by atoms with van der Waals surface area (Å²) in [4.78, 5) is 0. The van der Waals surface area contributed by atoms with E-state index in [-0.39, 0.29) is 0 Å². The zero-order chi connectivity index (χ0) is 6.53. The molecule has 50 valence electrons. The molecule has 0 amide bonds. The minimum Gasteiger partial charge on any atom is -0.364 e. The maximum Gasteiger partial charge on any atom is 0.126 e. The fourth-order valence-electron chi connectivity index (χ4n) is 0.731. The lowest BCUT2D eigenvalue weighted by Gasteiger charge is -1.88. The van der Waals surface area contributed by atoms with Crippen molar-refractivity contribution in [3.63, 3.8) is 0 Å². The maximum atomic E-state index is 4.66. The lowest BCUT2D eigenvalue weighted by Crippen LogP contribution is -1.78. The van der Waals surface area contributed by atoms with Crippen molar-refractivity contribution < 1.29 is 4.52 Å². The van der Waals surface area contributed by atoms with Crippen LogP contribution in [0.25, 0.3) is 0 Å². The third kappa shape index (κ3) is 1.88. The SMILES string of the molecule is CCCCc1cnoc1. The molecule has 0 aliphatic heterocycles. The van der Waals surface area contributed by atoms with Gasteiger partial charge in [-0.3, -0.25) is 0 Å². The van der Waals surface area contributed by atoms with Gasteiger partial charge in [-0.05, 0) is 12.8 Å². The smallest absolute Gasteiger partial charge is 0.126 e. The number of unbranched alkanes of at least 4 members (excludes halogenated alkanes) is 1. The highest BCUT2D eigenvalue weighted by Gasteiger charge is 1.91. The molecule has 0 aliphatic rings. The monoisotopic (exact) mass is 125 g/mol. The van der Waals surface area contributed by atoms with Gasteiger partial charge in [0.1, 0.15) is 6.26 Å². The molecule has 9 heavy (non-hydrogen) atoms. The average Bonchev–Trinajstić information content (AvgIpc) is 2.34. The summed E-state index contributed by atoms with van der Waals surface area (Å²) in [7, 11) is 0. The van der Waals surface area contributed by atoms with Crippen LogP contribution in [-0.2, 0) is 6.42 Å². The number of aryl methyl sites for hydroxylation is 1. The van der Waals surface area contributed by atoms with Crippen molar-refractivity contribution in [2.75, 3.05) is 0 Å². The summed E-state index contributed by atoms with van der Waals surface area (Å²) < 4.78 is 4.66. The van der Waals surface area contributed by atoms with Crippen molar-refractivity contribution in [1.82, 2.24) is 5.16 Å². The number of aromatic nitrogens is 1. The van der Waals surface area contributed by atoms with Crippen LogP contribution in [0.15, 0.2) is 17.0 Å². The maximum absolute atomic E-state index is 4.66. The summed E-state index contributed by atoms with van der Waals surface area (Å²) in [5, 5.41) is 3.60. The number of hydrogen-bond donors (Lipinski definition) is 0. The van der Waals surface area contributed by atoms with Gasteiger partial charge >= 0.3 is 0 Å². The fraction of sp³-hybridized carbons (Fsp3) is 0.571. The van der Waals surface area contributed by atoms with Crippen LogP contribution < -0.4 is 0 Å². The minimum absolute atomic E-state index is 1.10. The van der Waals surface area contributed by atoms with Gasteiger partial charge in [-0.1, -0.05) is 18.5 Å². The Kier molecular flexibility index (Phi) is 2.31. The second-order valence-electron chi connectivity index (χ2n) is 2.14. The topological polar surface area (TPSA) is 26.0 Å². The third-order valence-electron chi connectivity index (χ3n) is 1.30. The summed E-state index contributed by atoms with van der Waals surface area (Å²) in [6.45, 7) is 2.17. The van der Waals surface area contributed by atoms with Gasteiger partial charge in [-0.15, -0.1) is 0 Å². The van der Waals surface area contributed by atoms with E-state index in [1.807, 2.05) is 0 Å². The predicted octanol–water partition coefficient (Wildman–Crippen LogP) is 2.02. The molecule has 0 spiro atoms. The van der Waals surface area contributed by atoms with E-state index in [1.165, 1.54) is 18.4 Å². The Morgan fingerprint density at radius 3 is 3.11 bits per heavy atom. The van der Waals surface area contributed by atoms with Crippen molar-refractivity contribution in [3.8, 4) is 0 Å². The van der Waals surface area contributed by atoms with E-state index in [0.717, 1.165) is 6.42 Å². The first-order valence-electron chi connectivity index (χ1n) is 3.31. The Labute approximate surface area is 54.9 Å². The van der Waals surface area contributed by atoms with E-state index in [9.17, 15) is 0 Å². The fourth-order valence-corrected chi connectivity index (χ4v) is 0.731. The van der Waals surface area contributed by atoms with Gasteiger partial charge in [0.05, 0.1) is 6.20 Å². The molecular weight excluding hydrogens is 114 g/mol. The van der Waals surface area contributed by atoms with Crippen LogP contribution in [0.5, 0.6) is 0 Å². The quantitative estimate of drug-likeness (QED) is 0.617. The van der Waals surface area contributed by atoms with Gasteiger partial charge in [0.15, 0.2) is 0 Å². The normalized spacial score (nSPS) is 9.89. The molecule has 1 heterocycles. The lowest BCUT2D eigenvalue weighted by atomic mass is 10.2. The zero-order valence-electron chi connectivity index (χ0n) is 5.63. The molecule has 2 heteroatoms. The van der Waals surface area contributed by atoms with Crippen LogP contribution in [0.3, 0.4) is 0 Å². The molecule has 0 aliphatic carbocycles. The molecule has 1 rings (SSSR count). The van der Waals surface area contributed by atoms with E-state index in [1.54, 1.807) is 12.5 Å². The molecule has 0 atom stereocenters. The molecule has 0 saturated heterocycles. The van der Waals surface area contributed by atoms with Crippen LogP contribution in [-0.4, -0.2) is 5.16 Å². The van der Waals surface area contributed by atoms with Crippen LogP contribution >= 0.6 is 0 Å². The summed E-state index contributed by atoms with van der Waals surface area (Å²) in [6, 6.07) is 0. The third-order valence-corrected chi connectivity index (χ3v) is 1.30. The van der Waals surface area contributed by atoms with Crippen LogP contribution in [0.2, 0.25) is 0 Å². The highest BCUT2D eigenvalue weighted by molar-refractivity contribution is 4.99. The van der Waals surface area contributed by atoms with E-state index in [4.69, 9.17) is 0 Å². The molecule has 0 aromatic carbocycles. The van der Waals surface area contributed by atoms with E-state index in [2.05, 4.69) is 16.6 Å². The lowest BCUT2D eigenvalue weighted by molar-refractivity contribution is 0.418. The Bertz CT molecular complexity index is 146. The van der Waals surface area contributed by atoms with Crippen molar-refractivity contribution in [3.05, 3.63) is 18.0 Å². The Morgan fingerprint density at radius 1 is 1.67 bits per heavy atom. The Balaban J connectivity index is 2.30. The number of rotatable bonds is 3. The highest BCUT2D eigenvalue weighted by Crippen LogP contribution is 2.01. The second-order valence-corrected chi connectivity index (χ2v) is 2.14. The standard InChI is InChI=1S/C7H11NO/c1-2-3-4-7-5-8-9-6-7/h5-6H,2-4H2,1H3. The molecule has 1 aromatic rings. The van der Waals surface area contributed by atoms with Gasteiger partial charge < -0.3 is 4.52 Å². The van der Waals surface area contributed by atoms with E-state index < -0.39 is 0 Å². The summed E-state index contributed by atoms with van der Waals surface area (Å²) >= 11 is 0. The highest BCUT2D eigenvalue weighted by atomic mass is 16.5. The van der Waals surface area contributed by atoms with E-state index >= 15 is 0 Å². The number of hydrogen-bond acceptors (Lipinski definition) is 2. The molecule has 0 bridgehead atoms. The minimum atomic E-state index is 1.10. The van der Waals surface area contributed by atoms with Gasteiger partial charge in [0, 0.05) is 5.56 Å². The summed E-state index contributed by atoms with van der Waals surface area (Å²) in [5.74, 6) is 0. The molecule has 0 unspecified atom stereocenters. The Morgan fingerprint density at radius 2 is 2.56 bits per heavy atom. The van der Waals surface area contributed by atoms with Crippen molar-refractivity contribution in [1.29, 1.82) is 0 Å². The predicted molar refractivity (Wildman–Crippen MR) is 35.1 cm³/mol. The van der Waals surface area contributed by atoms with Gasteiger partial charge in [0.25, 0.3) is 0 Å². The van der Waals surface area contributed by atoms with Gasteiger partial charge in [-0.2, -0.15) is 0 Å². The van der Waals surface area contributed by atoms with Crippen molar-refractivity contribution >= 4 is 0 Å². The van der Waals surface area contributed by atoms with Crippen LogP contribution in [0.4, 0.5) is 0 Å². The first-order chi connectivity index (χ1) is 4.43. The molecule has 0 fully saturated rings. The first kappa shape index (κ1) is 6.33. The summed E-state index contributed by atoms with van der Waals surface area (Å²) in [6.07, 6.45) is 7.03. The van der Waals surface area contributed by atoms with Gasteiger partial charge in [-0.25, -0.2) is 0 Å². The molecular formula is C7H11NO. The zero-order valence-corrected chi connectivity index (χ0v) is 5.63. The molecule has 2 nitrogen and oxygen atoms in total. The van der Waals surface area contributed by atoms with Crippen molar-refractivity contribution in [2.24, 2.45) is 0 Å². The van der Waals surface area contributed by atoms with Gasteiger partial charge in [0.2, 0.25) is 0 Å². The number of nitrogens with zero attached hydrogens (tertiary/aromatic N) is 1. The largest absolute Gasteiger partial charge is 0.364 e.